The molecule has 2 N–H and O–H groups in total. The second-order valence-corrected chi connectivity index (χ2v) is 7.44. The number of amides is 2. The Hall–Kier alpha value is -3.04. The number of rotatable bonds is 12. The summed E-state index contributed by atoms with van der Waals surface area (Å²) in [6.45, 7) is 7.48. The zero-order valence-electron chi connectivity index (χ0n) is 17.5. The quantitative estimate of drug-likeness (QED) is 0.203. The molecule has 2 amide bonds. The smallest absolute Gasteiger partial charge is 0.407 e. The molecule has 2 rings (SSSR count). The molecule has 2 bridgehead atoms. The number of fused-ring (bicyclic) bond motifs is 2. The Balaban J connectivity index is 1.61. The highest BCUT2D eigenvalue weighted by Crippen LogP contribution is 2.52. The molecule has 10 heteroatoms. The molecule has 0 aromatic heterocycles. The van der Waals surface area contributed by atoms with Crippen molar-refractivity contribution >= 4 is 24.1 Å². The fourth-order valence-electron chi connectivity index (χ4n) is 4.37. The zero-order chi connectivity index (χ0) is 22.6. The maximum absolute atomic E-state index is 11.8. The van der Waals surface area contributed by atoms with Crippen LogP contribution in [-0.2, 0) is 28.5 Å². The first-order chi connectivity index (χ1) is 14.9. The summed E-state index contributed by atoms with van der Waals surface area (Å²) < 4.78 is 19.4. The van der Waals surface area contributed by atoms with Crippen LogP contribution in [0.1, 0.15) is 19.3 Å². The molecule has 0 spiro atoms. The fourth-order valence-corrected chi connectivity index (χ4v) is 4.37. The first-order valence-electron chi connectivity index (χ1n) is 10.3. The molecular formula is C21H30N2O8. The maximum Gasteiger partial charge on any atom is 0.407 e. The first kappa shape index (κ1) is 24.2. The maximum atomic E-state index is 11.8. The van der Waals surface area contributed by atoms with E-state index in [4.69, 9.17) is 18.9 Å². The van der Waals surface area contributed by atoms with Crippen LogP contribution in [0.4, 0.5) is 9.59 Å². The molecule has 0 aromatic carbocycles. The number of hydrogen-bond donors (Lipinski definition) is 2. The topological polar surface area (TPSA) is 129 Å². The van der Waals surface area contributed by atoms with Gasteiger partial charge < -0.3 is 29.6 Å². The number of esters is 2. The molecule has 0 aromatic rings. The van der Waals surface area contributed by atoms with Gasteiger partial charge in [0, 0.05) is 25.2 Å². The van der Waals surface area contributed by atoms with Crippen LogP contribution < -0.4 is 10.6 Å². The van der Waals surface area contributed by atoms with Crippen LogP contribution in [0, 0.1) is 23.7 Å². The van der Waals surface area contributed by atoms with Crippen LogP contribution in [0.15, 0.2) is 25.3 Å². The van der Waals surface area contributed by atoms with E-state index in [9.17, 15) is 19.2 Å². The summed E-state index contributed by atoms with van der Waals surface area (Å²) in [4.78, 5) is 45.4. The molecule has 0 heterocycles. The number of carbonyl (C=O) groups excluding carboxylic acids is 4. The van der Waals surface area contributed by atoms with Gasteiger partial charge in [-0.3, -0.25) is 0 Å². The van der Waals surface area contributed by atoms with Gasteiger partial charge >= 0.3 is 24.1 Å². The highest BCUT2D eigenvalue weighted by Gasteiger charge is 2.47. The summed E-state index contributed by atoms with van der Waals surface area (Å²) in [6, 6.07) is 0. The Labute approximate surface area is 181 Å². The predicted octanol–water partition coefficient (Wildman–Crippen LogP) is 1.56. The Morgan fingerprint density at radius 3 is 1.84 bits per heavy atom. The monoisotopic (exact) mass is 438 g/mol. The summed E-state index contributed by atoms with van der Waals surface area (Å²) in [5.41, 5.74) is 0. The Morgan fingerprint density at radius 1 is 0.774 bits per heavy atom. The standard InChI is InChI=1S/C21H30N2O8/c1-3-18(24)28-7-9-30-20(26)22-12-15-11-14-5-6-16(15)17(14)13-23-21(27)31-10-8-29-19(25)4-2/h3-4,14-17H,1-2,5-13H2,(H,22,26)(H,23,27). The van der Waals surface area contributed by atoms with E-state index in [0.29, 0.717) is 36.8 Å². The molecule has 172 valence electrons. The minimum absolute atomic E-state index is 0.0204. The van der Waals surface area contributed by atoms with Crippen molar-refractivity contribution in [3.8, 4) is 0 Å². The van der Waals surface area contributed by atoms with Gasteiger partial charge in [-0.05, 0) is 42.9 Å². The minimum atomic E-state index is -0.564. The van der Waals surface area contributed by atoms with E-state index in [-0.39, 0.29) is 26.4 Å². The van der Waals surface area contributed by atoms with Crippen molar-refractivity contribution in [2.45, 2.75) is 19.3 Å². The van der Waals surface area contributed by atoms with Crippen molar-refractivity contribution in [1.29, 1.82) is 0 Å². The van der Waals surface area contributed by atoms with Crippen LogP contribution in [-0.4, -0.2) is 63.6 Å². The normalized spacial score (nSPS) is 23.4. The van der Waals surface area contributed by atoms with E-state index >= 15 is 0 Å². The molecule has 2 aliphatic carbocycles. The van der Waals surface area contributed by atoms with Crippen LogP contribution in [0.3, 0.4) is 0 Å². The lowest BCUT2D eigenvalue weighted by Gasteiger charge is -2.22. The highest BCUT2D eigenvalue weighted by molar-refractivity contribution is 5.81. The third-order valence-corrected chi connectivity index (χ3v) is 5.68. The average Bonchev–Trinajstić information content (AvgIpc) is 3.32. The Bertz CT molecular complexity index is 680. The van der Waals surface area contributed by atoms with E-state index in [1.54, 1.807) is 0 Å². The van der Waals surface area contributed by atoms with E-state index in [1.165, 1.54) is 0 Å². The van der Waals surface area contributed by atoms with Crippen molar-refractivity contribution in [3.63, 3.8) is 0 Å². The molecule has 4 atom stereocenters. The third-order valence-electron chi connectivity index (χ3n) is 5.68. The van der Waals surface area contributed by atoms with Crippen LogP contribution in [0.5, 0.6) is 0 Å². The van der Waals surface area contributed by atoms with Gasteiger partial charge in [0.15, 0.2) is 0 Å². The average molecular weight is 438 g/mol. The molecule has 0 saturated heterocycles. The molecule has 10 nitrogen and oxygen atoms in total. The molecule has 31 heavy (non-hydrogen) atoms. The lowest BCUT2D eigenvalue weighted by atomic mass is 9.88. The number of alkyl carbamates (subject to hydrolysis) is 2. The fraction of sp³-hybridized carbons (Fsp3) is 0.619. The second-order valence-electron chi connectivity index (χ2n) is 7.44. The van der Waals surface area contributed by atoms with Gasteiger partial charge in [0.1, 0.15) is 26.4 Å². The summed E-state index contributed by atoms with van der Waals surface area (Å²) >= 11 is 0. The second kappa shape index (κ2) is 12.6. The SMILES string of the molecule is C=CC(=O)OCCOC(=O)NCC1CC2CCC1C2CNC(=O)OCCOC(=O)C=C. The lowest BCUT2D eigenvalue weighted by Crippen LogP contribution is -2.35. The van der Waals surface area contributed by atoms with E-state index in [0.717, 1.165) is 31.4 Å². The van der Waals surface area contributed by atoms with Crippen molar-refractivity contribution in [2.24, 2.45) is 23.7 Å². The number of nitrogens with one attached hydrogen (secondary N) is 2. The van der Waals surface area contributed by atoms with Crippen molar-refractivity contribution in [2.75, 3.05) is 39.5 Å². The molecule has 4 unspecified atom stereocenters. The summed E-state index contributed by atoms with van der Waals surface area (Å²) in [5, 5.41) is 5.54. The van der Waals surface area contributed by atoms with E-state index < -0.39 is 24.1 Å². The Morgan fingerprint density at radius 2 is 1.29 bits per heavy atom. The van der Waals surface area contributed by atoms with Gasteiger partial charge in [0.25, 0.3) is 0 Å². The molecule has 0 radical (unpaired) electrons. The highest BCUT2D eigenvalue weighted by atomic mass is 16.6. The van der Waals surface area contributed by atoms with Gasteiger partial charge in [-0.1, -0.05) is 13.2 Å². The van der Waals surface area contributed by atoms with Gasteiger partial charge in [0.2, 0.25) is 0 Å². The number of ether oxygens (including phenoxy) is 4. The van der Waals surface area contributed by atoms with Gasteiger partial charge in [-0.15, -0.1) is 0 Å². The van der Waals surface area contributed by atoms with Crippen molar-refractivity contribution in [1.82, 2.24) is 10.6 Å². The third kappa shape index (κ3) is 7.95. The minimum Gasteiger partial charge on any atom is -0.459 e. The first-order valence-corrected chi connectivity index (χ1v) is 10.3. The summed E-state index contributed by atoms with van der Waals surface area (Å²) in [5.74, 6) is 0.447. The number of carbonyl (C=O) groups is 4. The largest absolute Gasteiger partial charge is 0.459 e. The van der Waals surface area contributed by atoms with Crippen LogP contribution >= 0.6 is 0 Å². The zero-order valence-corrected chi connectivity index (χ0v) is 17.5. The van der Waals surface area contributed by atoms with Gasteiger partial charge in [-0.25, -0.2) is 19.2 Å². The molecule has 0 aliphatic heterocycles. The van der Waals surface area contributed by atoms with Gasteiger partial charge in [0.05, 0.1) is 0 Å². The summed E-state index contributed by atoms with van der Waals surface area (Å²) in [7, 11) is 0. The molecule has 2 fully saturated rings. The van der Waals surface area contributed by atoms with Crippen LogP contribution in [0.25, 0.3) is 0 Å². The van der Waals surface area contributed by atoms with E-state index in [2.05, 4.69) is 23.8 Å². The van der Waals surface area contributed by atoms with E-state index in [1.807, 2.05) is 0 Å². The number of hydrogen-bond acceptors (Lipinski definition) is 8. The summed E-state index contributed by atoms with van der Waals surface area (Å²) in [6.07, 6.45) is 4.15. The lowest BCUT2D eigenvalue weighted by molar-refractivity contribution is -0.139. The van der Waals surface area contributed by atoms with Crippen LogP contribution in [0.2, 0.25) is 0 Å². The molecule has 2 saturated carbocycles. The molecule has 2 aliphatic rings. The Kier molecular flexibility index (Phi) is 9.86. The predicted molar refractivity (Wildman–Crippen MR) is 109 cm³/mol. The van der Waals surface area contributed by atoms with Crippen molar-refractivity contribution < 1.29 is 38.1 Å². The van der Waals surface area contributed by atoms with Gasteiger partial charge in [-0.2, -0.15) is 0 Å². The van der Waals surface area contributed by atoms with Crippen molar-refractivity contribution in [3.05, 3.63) is 25.3 Å². The molecular weight excluding hydrogens is 408 g/mol.